The lowest BCUT2D eigenvalue weighted by Crippen LogP contribution is -2.37. The van der Waals surface area contributed by atoms with Gasteiger partial charge in [0, 0.05) is 45.1 Å². The topological polar surface area (TPSA) is 44.8 Å². The van der Waals surface area contributed by atoms with E-state index < -0.39 is 0 Å². The molecule has 116 valence electrons. The van der Waals surface area contributed by atoms with Crippen LogP contribution in [0, 0.1) is 0 Å². The van der Waals surface area contributed by atoms with Crippen molar-refractivity contribution >= 4 is 29.2 Å². The fourth-order valence-electron chi connectivity index (χ4n) is 2.41. The molecule has 2 rings (SSSR count). The summed E-state index contributed by atoms with van der Waals surface area (Å²) in [4.78, 5) is 15.7. The van der Waals surface area contributed by atoms with Gasteiger partial charge in [-0.15, -0.1) is 0 Å². The number of nitrogens with one attached hydrogen (secondary N) is 1. The van der Waals surface area contributed by atoms with Gasteiger partial charge in [0.25, 0.3) is 5.24 Å². The van der Waals surface area contributed by atoms with Crippen LogP contribution < -0.4 is 10.2 Å². The average Bonchev–Trinajstić information content (AvgIpc) is 2.46. The van der Waals surface area contributed by atoms with Crippen molar-refractivity contribution in [2.24, 2.45) is 0 Å². The molecule has 1 aliphatic rings. The van der Waals surface area contributed by atoms with Crippen molar-refractivity contribution in [1.29, 1.82) is 0 Å². The molecule has 1 amide bonds. The number of morpholine rings is 1. The number of carbonyl (C=O) groups excluding carboxylic acids is 1. The van der Waals surface area contributed by atoms with Gasteiger partial charge in [0.1, 0.15) is 0 Å². The van der Waals surface area contributed by atoms with E-state index in [1.807, 2.05) is 26.2 Å². The highest BCUT2D eigenvalue weighted by atomic mass is 32.1. The van der Waals surface area contributed by atoms with Gasteiger partial charge in [-0.3, -0.25) is 9.69 Å². The highest BCUT2D eigenvalue weighted by Gasteiger charge is 2.12. The molecule has 0 aromatic heterocycles. The van der Waals surface area contributed by atoms with Crippen LogP contribution in [-0.2, 0) is 11.2 Å². The number of nitrogens with zero attached hydrogens (tertiary/aromatic N) is 2. The molecule has 21 heavy (non-hydrogen) atoms. The normalized spacial score (nSPS) is 15.8. The highest BCUT2D eigenvalue weighted by Crippen LogP contribution is 2.23. The summed E-state index contributed by atoms with van der Waals surface area (Å²) in [5, 5.41) is 2.46. The Morgan fingerprint density at radius 1 is 1.38 bits per heavy atom. The van der Waals surface area contributed by atoms with E-state index in [0.29, 0.717) is 0 Å². The molecular formula is C15H23N3O2S. The summed E-state index contributed by atoms with van der Waals surface area (Å²) in [6, 6.07) is 6.06. The maximum atomic E-state index is 11.2. The number of carbonyl (C=O) groups is 1. The number of hydrogen-bond acceptors (Lipinski definition) is 4. The maximum absolute atomic E-state index is 11.2. The Morgan fingerprint density at radius 3 is 2.71 bits per heavy atom. The molecule has 0 aliphatic carbocycles. The Hall–Kier alpha value is -1.24. The predicted molar refractivity (Wildman–Crippen MR) is 89.7 cm³/mol. The molecule has 0 atom stereocenters. The van der Waals surface area contributed by atoms with Gasteiger partial charge in [-0.25, -0.2) is 0 Å². The van der Waals surface area contributed by atoms with Crippen LogP contribution in [0.1, 0.15) is 5.56 Å². The van der Waals surface area contributed by atoms with Crippen molar-refractivity contribution in [2.75, 3.05) is 57.2 Å². The van der Waals surface area contributed by atoms with E-state index in [4.69, 9.17) is 4.74 Å². The molecule has 0 radical (unpaired) electrons. The van der Waals surface area contributed by atoms with E-state index in [-0.39, 0.29) is 5.24 Å². The van der Waals surface area contributed by atoms with E-state index in [9.17, 15) is 4.79 Å². The smallest absolute Gasteiger partial charge is 0.280 e. The Morgan fingerprint density at radius 2 is 2.10 bits per heavy atom. The van der Waals surface area contributed by atoms with E-state index in [1.54, 1.807) is 0 Å². The number of anilines is 2. The van der Waals surface area contributed by atoms with Gasteiger partial charge in [0.15, 0.2) is 0 Å². The summed E-state index contributed by atoms with van der Waals surface area (Å²) in [5.41, 5.74) is 3.10. The molecule has 0 saturated carbocycles. The quantitative estimate of drug-likeness (QED) is 0.818. The van der Waals surface area contributed by atoms with Crippen LogP contribution in [0.2, 0.25) is 0 Å². The molecule has 0 unspecified atom stereocenters. The van der Waals surface area contributed by atoms with Gasteiger partial charge in [-0.05, 0) is 30.2 Å². The summed E-state index contributed by atoms with van der Waals surface area (Å²) in [5.74, 6) is 0. The molecule has 0 spiro atoms. The number of hydrogen-bond donors (Lipinski definition) is 2. The molecule has 1 aromatic rings. The summed E-state index contributed by atoms with van der Waals surface area (Å²) < 4.78 is 5.36. The number of ether oxygens (including phenoxy) is 1. The third kappa shape index (κ3) is 4.91. The first-order valence-corrected chi connectivity index (χ1v) is 7.61. The SMILES string of the molecule is CN(C)c1ccc(NC(=O)S)c(CCN2CCOCC2)c1. The van der Waals surface area contributed by atoms with Gasteiger partial charge in [-0.1, -0.05) is 12.6 Å². The van der Waals surface area contributed by atoms with E-state index >= 15 is 0 Å². The third-order valence-corrected chi connectivity index (χ3v) is 3.76. The van der Waals surface area contributed by atoms with Crippen molar-refractivity contribution in [2.45, 2.75) is 6.42 Å². The molecule has 1 aromatic carbocycles. The molecule has 5 nitrogen and oxygen atoms in total. The predicted octanol–water partition coefficient (Wildman–Crippen LogP) is 2.09. The van der Waals surface area contributed by atoms with Gasteiger partial charge in [0.05, 0.1) is 13.2 Å². The summed E-state index contributed by atoms with van der Waals surface area (Å²) in [6.45, 7) is 4.52. The highest BCUT2D eigenvalue weighted by molar-refractivity contribution is 7.96. The van der Waals surface area contributed by atoms with Gasteiger partial charge in [-0.2, -0.15) is 0 Å². The largest absolute Gasteiger partial charge is 0.379 e. The van der Waals surface area contributed by atoms with Crippen molar-refractivity contribution in [3.8, 4) is 0 Å². The second-order valence-electron chi connectivity index (χ2n) is 5.37. The van der Waals surface area contributed by atoms with Crippen LogP contribution in [0.3, 0.4) is 0 Å². The molecule has 1 fully saturated rings. The van der Waals surface area contributed by atoms with Crippen LogP contribution in [0.4, 0.5) is 16.2 Å². The average molecular weight is 309 g/mol. The fraction of sp³-hybridized carbons (Fsp3) is 0.533. The first-order chi connectivity index (χ1) is 10.1. The minimum Gasteiger partial charge on any atom is -0.379 e. The first kappa shape index (κ1) is 16.1. The van der Waals surface area contributed by atoms with Crippen molar-refractivity contribution < 1.29 is 9.53 Å². The maximum Gasteiger partial charge on any atom is 0.280 e. The zero-order chi connectivity index (χ0) is 15.2. The summed E-state index contributed by atoms with van der Waals surface area (Å²) >= 11 is 3.81. The van der Waals surface area contributed by atoms with Crippen molar-refractivity contribution in [1.82, 2.24) is 4.90 Å². The van der Waals surface area contributed by atoms with Crippen LogP contribution in [-0.4, -0.2) is 57.1 Å². The van der Waals surface area contributed by atoms with Crippen LogP contribution in [0.15, 0.2) is 18.2 Å². The lowest BCUT2D eigenvalue weighted by Gasteiger charge is -2.27. The Kier molecular flexibility index (Phi) is 5.90. The fourth-order valence-corrected chi connectivity index (χ4v) is 2.53. The summed E-state index contributed by atoms with van der Waals surface area (Å²) in [6.07, 6.45) is 0.894. The second kappa shape index (κ2) is 7.68. The lowest BCUT2D eigenvalue weighted by molar-refractivity contribution is 0.0384. The Bertz CT molecular complexity index is 488. The Labute approximate surface area is 131 Å². The van der Waals surface area contributed by atoms with E-state index in [1.165, 1.54) is 0 Å². The van der Waals surface area contributed by atoms with Gasteiger partial charge < -0.3 is 15.0 Å². The third-order valence-electron chi connectivity index (χ3n) is 3.65. The number of thiol groups is 1. The second-order valence-corrected chi connectivity index (χ2v) is 5.78. The van der Waals surface area contributed by atoms with Crippen LogP contribution in [0.5, 0.6) is 0 Å². The van der Waals surface area contributed by atoms with Crippen LogP contribution in [0.25, 0.3) is 0 Å². The van der Waals surface area contributed by atoms with Gasteiger partial charge >= 0.3 is 0 Å². The van der Waals surface area contributed by atoms with Gasteiger partial charge in [0.2, 0.25) is 0 Å². The molecule has 0 bridgehead atoms. The molecular weight excluding hydrogens is 286 g/mol. The lowest BCUT2D eigenvalue weighted by atomic mass is 10.1. The molecule has 6 heteroatoms. The Balaban J connectivity index is 2.09. The van der Waals surface area contributed by atoms with Crippen molar-refractivity contribution in [3.05, 3.63) is 23.8 Å². The minimum absolute atomic E-state index is 0.333. The molecule has 1 heterocycles. The zero-order valence-electron chi connectivity index (χ0n) is 12.6. The molecule has 1 N–H and O–H groups in total. The standard InChI is InChI=1S/C15H23N3O2S/c1-17(2)13-3-4-14(16-15(19)21)12(11-13)5-6-18-7-9-20-10-8-18/h3-4,11H,5-10H2,1-2H3,(H2,16,19,21). The molecule has 1 saturated heterocycles. The monoisotopic (exact) mass is 309 g/mol. The number of benzene rings is 1. The zero-order valence-corrected chi connectivity index (χ0v) is 13.5. The minimum atomic E-state index is -0.333. The number of rotatable bonds is 5. The molecule has 1 aliphatic heterocycles. The van der Waals surface area contributed by atoms with Crippen LogP contribution >= 0.6 is 12.6 Å². The van der Waals surface area contributed by atoms with E-state index in [0.717, 1.165) is 56.2 Å². The first-order valence-electron chi connectivity index (χ1n) is 7.16. The van der Waals surface area contributed by atoms with E-state index in [2.05, 4.69) is 33.8 Å². The number of amides is 1. The van der Waals surface area contributed by atoms with Crippen molar-refractivity contribution in [3.63, 3.8) is 0 Å². The summed E-state index contributed by atoms with van der Waals surface area (Å²) in [7, 11) is 4.02.